The van der Waals surface area contributed by atoms with E-state index in [1.165, 1.54) is 0 Å². The van der Waals surface area contributed by atoms with E-state index in [1.807, 2.05) is 6.92 Å². The van der Waals surface area contributed by atoms with Crippen LogP contribution in [0.2, 0.25) is 0 Å². The maximum Gasteiger partial charge on any atom is 0.348 e. The van der Waals surface area contributed by atoms with Gasteiger partial charge >= 0.3 is 11.9 Å². The monoisotopic (exact) mass is 419 g/mol. The number of esters is 2. The lowest BCUT2D eigenvalue weighted by Gasteiger charge is -2.09. The summed E-state index contributed by atoms with van der Waals surface area (Å²) in [5.41, 5.74) is 0.950. The van der Waals surface area contributed by atoms with Crippen LogP contribution in [0.25, 0.3) is 0 Å². The lowest BCUT2D eigenvalue weighted by molar-refractivity contribution is 0.0527. The van der Waals surface area contributed by atoms with E-state index >= 15 is 0 Å². The third kappa shape index (κ3) is 5.57. The highest BCUT2D eigenvalue weighted by molar-refractivity contribution is 7.18. The van der Waals surface area contributed by atoms with Crippen LogP contribution in [0.4, 0.5) is 5.00 Å². The minimum Gasteiger partial charge on any atom is -0.494 e. The highest BCUT2D eigenvalue weighted by atomic mass is 32.1. The molecule has 1 amide bonds. The van der Waals surface area contributed by atoms with Crippen LogP contribution in [0, 0.1) is 6.92 Å². The van der Waals surface area contributed by atoms with Crippen molar-refractivity contribution in [2.75, 3.05) is 25.1 Å². The Balaban J connectivity index is 2.35. The van der Waals surface area contributed by atoms with E-state index in [0.717, 1.165) is 17.8 Å². The van der Waals surface area contributed by atoms with E-state index in [-0.39, 0.29) is 28.7 Å². The molecule has 0 spiro atoms. The number of hydrogen-bond donors (Lipinski definition) is 1. The second-order valence-electron chi connectivity index (χ2n) is 6.03. The Bertz CT molecular complexity index is 889. The van der Waals surface area contributed by atoms with Gasteiger partial charge in [0.15, 0.2) is 0 Å². The van der Waals surface area contributed by atoms with Crippen LogP contribution in [-0.4, -0.2) is 37.7 Å². The van der Waals surface area contributed by atoms with E-state index in [2.05, 4.69) is 5.32 Å². The summed E-state index contributed by atoms with van der Waals surface area (Å²) in [5.74, 6) is -0.989. The lowest BCUT2D eigenvalue weighted by atomic mass is 10.1. The van der Waals surface area contributed by atoms with Gasteiger partial charge in [-0.05, 0) is 51.0 Å². The van der Waals surface area contributed by atoms with Gasteiger partial charge in [0.1, 0.15) is 15.6 Å². The molecule has 0 fully saturated rings. The fourth-order valence-electron chi connectivity index (χ4n) is 2.56. The molecule has 1 aromatic carbocycles. The van der Waals surface area contributed by atoms with Gasteiger partial charge in [0.05, 0.1) is 25.4 Å². The van der Waals surface area contributed by atoms with Crippen LogP contribution in [-0.2, 0) is 9.47 Å². The zero-order chi connectivity index (χ0) is 21.4. The fourth-order valence-corrected chi connectivity index (χ4v) is 3.65. The number of nitrogens with one attached hydrogen (secondary N) is 1. The van der Waals surface area contributed by atoms with Gasteiger partial charge < -0.3 is 19.5 Å². The molecular formula is C21H25NO6S. The summed E-state index contributed by atoms with van der Waals surface area (Å²) >= 11 is 0.991. The zero-order valence-corrected chi connectivity index (χ0v) is 17.8. The topological polar surface area (TPSA) is 90.9 Å². The number of ether oxygens (including phenoxy) is 3. The molecule has 2 aromatic rings. The molecule has 1 aromatic heterocycles. The molecule has 0 bridgehead atoms. The average Bonchev–Trinajstić information content (AvgIpc) is 3.03. The van der Waals surface area contributed by atoms with E-state index in [0.29, 0.717) is 23.5 Å². The van der Waals surface area contributed by atoms with Gasteiger partial charge in [-0.25, -0.2) is 9.59 Å². The van der Waals surface area contributed by atoms with E-state index in [4.69, 9.17) is 14.2 Å². The van der Waals surface area contributed by atoms with Crippen molar-refractivity contribution >= 4 is 34.2 Å². The van der Waals surface area contributed by atoms with Crippen molar-refractivity contribution < 1.29 is 28.6 Å². The molecule has 0 saturated carbocycles. The van der Waals surface area contributed by atoms with E-state index in [9.17, 15) is 14.4 Å². The molecule has 0 unspecified atom stereocenters. The number of amides is 1. The summed E-state index contributed by atoms with van der Waals surface area (Å²) in [4.78, 5) is 37.7. The van der Waals surface area contributed by atoms with Crippen molar-refractivity contribution in [1.29, 1.82) is 0 Å². The normalized spacial score (nSPS) is 10.3. The summed E-state index contributed by atoms with van der Waals surface area (Å²) in [6.07, 6.45) is 0.852. The Labute approximate surface area is 174 Å². The second-order valence-corrected chi connectivity index (χ2v) is 7.05. The first-order valence-electron chi connectivity index (χ1n) is 9.44. The van der Waals surface area contributed by atoms with Gasteiger partial charge in [0.25, 0.3) is 5.91 Å². The number of benzene rings is 1. The number of thiophene rings is 1. The first-order valence-corrected chi connectivity index (χ1v) is 10.3. The molecule has 0 aliphatic carbocycles. The highest BCUT2D eigenvalue weighted by Crippen LogP contribution is 2.34. The van der Waals surface area contributed by atoms with Crippen LogP contribution < -0.4 is 10.1 Å². The predicted molar refractivity (Wildman–Crippen MR) is 111 cm³/mol. The Kier molecular flexibility index (Phi) is 8.21. The largest absolute Gasteiger partial charge is 0.494 e. The van der Waals surface area contributed by atoms with Gasteiger partial charge in [0.2, 0.25) is 0 Å². The molecule has 0 radical (unpaired) electrons. The van der Waals surface area contributed by atoms with Crippen molar-refractivity contribution in [3.05, 3.63) is 45.8 Å². The summed E-state index contributed by atoms with van der Waals surface area (Å²) < 4.78 is 15.7. The first-order chi connectivity index (χ1) is 13.9. The van der Waals surface area contributed by atoms with Crippen molar-refractivity contribution in [2.45, 2.75) is 34.1 Å². The molecule has 7 nitrogen and oxygen atoms in total. The van der Waals surface area contributed by atoms with Crippen LogP contribution >= 0.6 is 11.3 Å². The smallest absolute Gasteiger partial charge is 0.348 e. The van der Waals surface area contributed by atoms with Gasteiger partial charge in [-0.3, -0.25) is 4.79 Å². The Morgan fingerprint density at radius 1 is 1.03 bits per heavy atom. The van der Waals surface area contributed by atoms with Crippen LogP contribution in [0.3, 0.4) is 0 Å². The zero-order valence-electron chi connectivity index (χ0n) is 17.0. The number of carbonyl (C=O) groups excluding carboxylic acids is 3. The summed E-state index contributed by atoms with van der Waals surface area (Å²) in [6, 6.07) is 6.76. The van der Waals surface area contributed by atoms with Crippen LogP contribution in [0.1, 0.15) is 63.1 Å². The number of hydrogen-bond acceptors (Lipinski definition) is 7. The molecule has 0 aliphatic rings. The molecular weight excluding hydrogens is 394 g/mol. The minimum absolute atomic E-state index is 0.159. The SMILES string of the molecule is CCCOc1cccc(C(=O)Nc2sc(C(=O)OCC)c(C)c2C(=O)OCC)c1. The Hall–Kier alpha value is -2.87. The minimum atomic E-state index is -0.605. The standard InChI is InChI=1S/C21H25NO6S/c1-5-11-28-15-10-8-9-14(12-15)18(23)22-19-16(20(24)26-6-2)13(4)17(29-19)21(25)27-7-3/h8-10,12H,5-7,11H2,1-4H3,(H,22,23). The highest BCUT2D eigenvalue weighted by Gasteiger charge is 2.27. The van der Waals surface area contributed by atoms with Crippen molar-refractivity contribution in [1.82, 2.24) is 0 Å². The quantitative estimate of drug-likeness (QED) is 0.604. The Morgan fingerprint density at radius 2 is 1.72 bits per heavy atom. The summed E-state index contributed by atoms with van der Waals surface area (Å²) in [6.45, 7) is 7.93. The van der Waals surface area contributed by atoms with Crippen LogP contribution in [0.5, 0.6) is 5.75 Å². The molecule has 29 heavy (non-hydrogen) atoms. The van der Waals surface area contributed by atoms with Crippen molar-refractivity contribution in [2.24, 2.45) is 0 Å². The molecule has 0 atom stereocenters. The third-order valence-corrected chi connectivity index (χ3v) is 5.07. The van der Waals surface area contributed by atoms with E-state index in [1.54, 1.807) is 45.0 Å². The molecule has 1 N–H and O–H groups in total. The summed E-state index contributed by atoms with van der Waals surface area (Å²) in [5, 5.41) is 2.97. The molecule has 1 heterocycles. The van der Waals surface area contributed by atoms with Gasteiger partial charge in [-0.1, -0.05) is 13.0 Å². The van der Waals surface area contributed by atoms with E-state index < -0.39 is 17.8 Å². The van der Waals surface area contributed by atoms with Gasteiger partial charge in [-0.15, -0.1) is 11.3 Å². The molecule has 8 heteroatoms. The third-order valence-electron chi connectivity index (χ3n) is 3.88. The number of rotatable bonds is 9. The second kappa shape index (κ2) is 10.6. The van der Waals surface area contributed by atoms with Crippen molar-refractivity contribution in [3.63, 3.8) is 0 Å². The maximum atomic E-state index is 12.8. The molecule has 0 aliphatic heterocycles. The predicted octanol–water partition coefficient (Wildman–Crippen LogP) is 4.45. The number of carbonyl (C=O) groups is 3. The number of anilines is 1. The van der Waals surface area contributed by atoms with Gasteiger partial charge in [-0.2, -0.15) is 0 Å². The first kappa shape index (κ1) is 22.4. The molecule has 0 saturated heterocycles. The fraction of sp³-hybridized carbons (Fsp3) is 0.381. The van der Waals surface area contributed by atoms with Crippen molar-refractivity contribution in [3.8, 4) is 5.75 Å². The summed E-state index contributed by atoms with van der Waals surface area (Å²) in [7, 11) is 0. The maximum absolute atomic E-state index is 12.8. The Morgan fingerprint density at radius 3 is 2.38 bits per heavy atom. The molecule has 2 rings (SSSR count). The lowest BCUT2D eigenvalue weighted by Crippen LogP contribution is -2.15. The van der Waals surface area contributed by atoms with Gasteiger partial charge in [0, 0.05) is 5.56 Å². The molecule has 156 valence electrons. The van der Waals surface area contributed by atoms with Crippen LogP contribution in [0.15, 0.2) is 24.3 Å². The average molecular weight is 419 g/mol.